The molecule has 144 valence electrons. The minimum absolute atomic E-state index is 0.135. The molecule has 0 bridgehead atoms. The Morgan fingerprint density at radius 3 is 2.75 bits per heavy atom. The van der Waals surface area contributed by atoms with Crippen LogP contribution in [-0.2, 0) is 17.5 Å². The molecule has 3 aromatic rings. The Kier molecular flexibility index (Phi) is 5.91. The van der Waals surface area contributed by atoms with E-state index in [1.807, 2.05) is 10.6 Å². The standard InChI is InChI=1S/C18H12ClF3N4OS/c19-13-8-12(18(20,21)22)10-24-16(13)28-17-25-14-7-11(9-23)3-4-15(14)26(17)5-1-2-6-27/h3-4,6-8,10H,1-2,5H2. The molecule has 0 N–H and O–H groups in total. The first-order chi connectivity index (χ1) is 13.3. The lowest BCUT2D eigenvalue weighted by Crippen LogP contribution is -2.06. The number of alkyl halides is 3. The first kappa shape index (κ1) is 20.2. The van der Waals surface area contributed by atoms with Crippen LogP contribution < -0.4 is 0 Å². The molecule has 0 fully saturated rings. The highest BCUT2D eigenvalue weighted by Gasteiger charge is 2.31. The molecule has 0 atom stereocenters. The second kappa shape index (κ2) is 8.20. The molecule has 0 radical (unpaired) electrons. The average molecular weight is 425 g/mol. The molecular weight excluding hydrogens is 413 g/mol. The molecule has 2 aromatic heterocycles. The van der Waals surface area contributed by atoms with E-state index in [2.05, 4.69) is 9.97 Å². The van der Waals surface area contributed by atoms with E-state index in [9.17, 15) is 18.0 Å². The molecule has 5 nitrogen and oxygen atoms in total. The topological polar surface area (TPSA) is 71.6 Å². The van der Waals surface area contributed by atoms with Gasteiger partial charge >= 0.3 is 6.18 Å². The number of imidazole rings is 1. The number of nitrogens with zero attached hydrogens (tertiary/aromatic N) is 4. The van der Waals surface area contributed by atoms with Crippen molar-refractivity contribution >= 4 is 40.7 Å². The van der Waals surface area contributed by atoms with Crippen LogP contribution in [0, 0.1) is 11.3 Å². The number of rotatable bonds is 6. The summed E-state index contributed by atoms with van der Waals surface area (Å²) in [6.07, 6.45) is -2.07. The largest absolute Gasteiger partial charge is 0.417 e. The zero-order valence-corrected chi connectivity index (χ0v) is 15.8. The second-order valence-electron chi connectivity index (χ2n) is 5.78. The Balaban J connectivity index is 2.00. The fraction of sp³-hybridized carbons (Fsp3) is 0.222. The molecule has 1 aromatic carbocycles. The van der Waals surface area contributed by atoms with Crippen LogP contribution in [0.4, 0.5) is 13.2 Å². The summed E-state index contributed by atoms with van der Waals surface area (Å²) < 4.78 is 40.2. The number of pyridine rings is 1. The van der Waals surface area contributed by atoms with Gasteiger partial charge in [-0.05, 0) is 42.4 Å². The van der Waals surface area contributed by atoms with Crippen LogP contribution >= 0.6 is 23.4 Å². The van der Waals surface area contributed by atoms with Gasteiger partial charge in [-0.15, -0.1) is 0 Å². The lowest BCUT2D eigenvalue weighted by atomic mass is 10.2. The third-order valence-electron chi connectivity index (χ3n) is 3.87. The average Bonchev–Trinajstić information content (AvgIpc) is 2.99. The molecule has 0 saturated heterocycles. The zero-order chi connectivity index (χ0) is 20.3. The fourth-order valence-electron chi connectivity index (χ4n) is 2.55. The van der Waals surface area contributed by atoms with Crippen molar-refractivity contribution in [1.29, 1.82) is 5.26 Å². The quantitative estimate of drug-likeness (QED) is 0.406. The number of unbranched alkanes of at least 4 members (excludes halogenated alkanes) is 1. The highest BCUT2D eigenvalue weighted by molar-refractivity contribution is 7.99. The van der Waals surface area contributed by atoms with Crippen LogP contribution in [0.1, 0.15) is 24.0 Å². The maximum atomic E-state index is 12.8. The highest BCUT2D eigenvalue weighted by atomic mass is 35.5. The van der Waals surface area contributed by atoms with Gasteiger partial charge in [0.15, 0.2) is 5.16 Å². The van der Waals surface area contributed by atoms with Crippen LogP contribution in [0.25, 0.3) is 11.0 Å². The molecule has 10 heteroatoms. The van der Waals surface area contributed by atoms with Gasteiger partial charge in [0, 0.05) is 19.2 Å². The molecule has 28 heavy (non-hydrogen) atoms. The number of halogens is 4. The van der Waals surface area contributed by atoms with E-state index in [0.29, 0.717) is 35.6 Å². The number of aldehydes is 1. The van der Waals surface area contributed by atoms with Crippen molar-refractivity contribution in [3.8, 4) is 6.07 Å². The van der Waals surface area contributed by atoms with Gasteiger partial charge in [0.25, 0.3) is 0 Å². The molecule has 0 unspecified atom stereocenters. The predicted molar refractivity (Wildman–Crippen MR) is 98.1 cm³/mol. The van der Waals surface area contributed by atoms with Gasteiger partial charge in [-0.25, -0.2) is 9.97 Å². The molecule has 2 heterocycles. The van der Waals surface area contributed by atoms with E-state index in [4.69, 9.17) is 16.9 Å². The van der Waals surface area contributed by atoms with Gasteiger partial charge in [-0.1, -0.05) is 11.6 Å². The maximum absolute atomic E-state index is 12.8. The van der Waals surface area contributed by atoms with Crippen LogP contribution in [0.15, 0.2) is 40.6 Å². The van der Waals surface area contributed by atoms with Crippen molar-refractivity contribution in [1.82, 2.24) is 14.5 Å². The summed E-state index contributed by atoms with van der Waals surface area (Å²) in [6.45, 7) is 0.474. The maximum Gasteiger partial charge on any atom is 0.417 e. The number of fused-ring (bicyclic) bond motifs is 1. The van der Waals surface area contributed by atoms with E-state index in [1.54, 1.807) is 18.2 Å². The number of aromatic nitrogens is 3. The van der Waals surface area contributed by atoms with Crippen LogP contribution in [0.3, 0.4) is 0 Å². The van der Waals surface area contributed by atoms with Crippen molar-refractivity contribution in [3.05, 3.63) is 46.6 Å². The van der Waals surface area contributed by atoms with Gasteiger partial charge in [0.05, 0.1) is 33.3 Å². The summed E-state index contributed by atoms with van der Waals surface area (Å²) in [5, 5.41) is 9.57. The Hall–Kier alpha value is -2.57. The lowest BCUT2D eigenvalue weighted by molar-refractivity contribution is -0.137. The number of hydrogen-bond donors (Lipinski definition) is 0. The summed E-state index contributed by atoms with van der Waals surface area (Å²) in [5.41, 5.74) is 0.818. The fourth-order valence-corrected chi connectivity index (χ4v) is 3.71. The summed E-state index contributed by atoms with van der Waals surface area (Å²) in [4.78, 5) is 18.9. The van der Waals surface area contributed by atoms with Crippen molar-refractivity contribution in [3.63, 3.8) is 0 Å². The van der Waals surface area contributed by atoms with Crippen molar-refractivity contribution in [2.45, 2.75) is 35.7 Å². The normalized spacial score (nSPS) is 11.5. The SMILES string of the molecule is N#Cc1ccc2c(c1)nc(Sc1ncc(C(F)(F)F)cc1Cl)n2CCCC=O. The van der Waals surface area contributed by atoms with E-state index in [-0.39, 0.29) is 10.0 Å². The van der Waals surface area contributed by atoms with E-state index in [1.165, 1.54) is 0 Å². The number of aryl methyl sites for hydroxylation is 1. The van der Waals surface area contributed by atoms with Crippen LogP contribution in [0.5, 0.6) is 0 Å². The number of carbonyl (C=O) groups is 1. The van der Waals surface area contributed by atoms with Crippen molar-refractivity contribution < 1.29 is 18.0 Å². The van der Waals surface area contributed by atoms with Crippen molar-refractivity contribution in [2.75, 3.05) is 0 Å². The molecule has 0 aliphatic rings. The molecular formula is C18H12ClF3N4OS. The monoisotopic (exact) mass is 424 g/mol. The number of carbonyl (C=O) groups excluding carboxylic acids is 1. The number of nitriles is 1. The van der Waals surface area contributed by atoms with Gasteiger partial charge in [-0.2, -0.15) is 18.4 Å². The molecule has 0 amide bonds. The Morgan fingerprint density at radius 2 is 2.11 bits per heavy atom. The Labute approximate surface area is 167 Å². The van der Waals surface area contributed by atoms with Gasteiger partial charge < -0.3 is 9.36 Å². The van der Waals surface area contributed by atoms with Crippen molar-refractivity contribution in [2.24, 2.45) is 0 Å². The number of benzene rings is 1. The molecule has 0 saturated carbocycles. The summed E-state index contributed by atoms with van der Waals surface area (Å²) in [7, 11) is 0. The second-order valence-corrected chi connectivity index (χ2v) is 7.14. The predicted octanol–water partition coefficient (Wildman–Crippen LogP) is 5.11. The summed E-state index contributed by atoms with van der Waals surface area (Å²) >= 11 is 7.03. The van der Waals surface area contributed by atoms with E-state index < -0.39 is 11.7 Å². The third kappa shape index (κ3) is 4.29. The van der Waals surface area contributed by atoms with E-state index >= 15 is 0 Å². The molecule has 0 aliphatic carbocycles. The molecule has 0 aliphatic heterocycles. The first-order valence-electron chi connectivity index (χ1n) is 8.08. The van der Waals surface area contributed by atoms with Gasteiger partial charge in [0.1, 0.15) is 11.3 Å². The molecule has 0 spiro atoms. The summed E-state index contributed by atoms with van der Waals surface area (Å²) in [6, 6.07) is 7.88. The van der Waals surface area contributed by atoms with Crippen LogP contribution in [-0.4, -0.2) is 20.8 Å². The van der Waals surface area contributed by atoms with E-state index in [0.717, 1.165) is 35.8 Å². The minimum Gasteiger partial charge on any atom is -0.319 e. The highest BCUT2D eigenvalue weighted by Crippen LogP contribution is 2.37. The van der Waals surface area contributed by atoms with Gasteiger partial charge in [0.2, 0.25) is 0 Å². The lowest BCUT2D eigenvalue weighted by Gasteiger charge is -2.10. The minimum atomic E-state index is -4.53. The Bertz CT molecular complexity index is 1080. The first-order valence-corrected chi connectivity index (χ1v) is 9.27. The van der Waals surface area contributed by atoms with Gasteiger partial charge in [-0.3, -0.25) is 0 Å². The third-order valence-corrected chi connectivity index (χ3v) is 5.28. The summed E-state index contributed by atoms with van der Waals surface area (Å²) in [5.74, 6) is 0. The number of hydrogen-bond acceptors (Lipinski definition) is 5. The Morgan fingerprint density at radius 1 is 1.32 bits per heavy atom. The smallest absolute Gasteiger partial charge is 0.319 e. The zero-order valence-electron chi connectivity index (χ0n) is 14.2. The van der Waals surface area contributed by atoms with Crippen LogP contribution in [0.2, 0.25) is 5.02 Å². The molecule has 3 rings (SSSR count).